The van der Waals surface area contributed by atoms with Gasteiger partial charge in [0.15, 0.2) is 17.5 Å². The molecule has 5 nitrogen and oxygen atoms in total. The first-order chi connectivity index (χ1) is 11.3. The van der Waals surface area contributed by atoms with Crippen molar-refractivity contribution in [2.45, 2.75) is 39.2 Å². The van der Waals surface area contributed by atoms with Crippen molar-refractivity contribution in [3.05, 3.63) is 23.8 Å². The van der Waals surface area contributed by atoms with E-state index in [2.05, 4.69) is 22.5 Å². The number of nitrogens with zero attached hydrogens (tertiary/aromatic N) is 1. The molecule has 0 aliphatic heterocycles. The van der Waals surface area contributed by atoms with Crippen LogP contribution in [0.3, 0.4) is 0 Å². The van der Waals surface area contributed by atoms with Crippen LogP contribution in [0.2, 0.25) is 0 Å². The number of methoxy groups -OCH3 is 2. The molecule has 0 radical (unpaired) electrons. The van der Waals surface area contributed by atoms with E-state index in [-0.39, 0.29) is 0 Å². The number of rotatable bonds is 9. The van der Waals surface area contributed by atoms with Gasteiger partial charge in [0.25, 0.3) is 0 Å². The lowest BCUT2D eigenvalue weighted by Gasteiger charge is -2.12. The van der Waals surface area contributed by atoms with E-state index in [1.54, 1.807) is 14.2 Å². The third-order valence-electron chi connectivity index (χ3n) is 3.99. The lowest BCUT2D eigenvalue weighted by molar-refractivity contribution is 0.354. The minimum absolute atomic E-state index is 0.609. The molecule has 1 saturated carbocycles. The SMILES string of the molecule is CCNC(=NCc1ccc(OC)c(OC)c1)NCCCC1CC1. The van der Waals surface area contributed by atoms with Crippen LogP contribution >= 0.6 is 0 Å². The van der Waals surface area contributed by atoms with Gasteiger partial charge in [-0.3, -0.25) is 0 Å². The van der Waals surface area contributed by atoms with Crippen molar-refractivity contribution in [1.29, 1.82) is 0 Å². The number of ether oxygens (including phenoxy) is 2. The van der Waals surface area contributed by atoms with E-state index < -0.39 is 0 Å². The van der Waals surface area contributed by atoms with Crippen molar-refractivity contribution < 1.29 is 9.47 Å². The summed E-state index contributed by atoms with van der Waals surface area (Å²) in [4.78, 5) is 4.64. The Morgan fingerprint density at radius 2 is 1.96 bits per heavy atom. The second-order valence-electron chi connectivity index (χ2n) is 5.90. The van der Waals surface area contributed by atoms with Crippen molar-refractivity contribution in [2.75, 3.05) is 27.3 Å². The van der Waals surface area contributed by atoms with Gasteiger partial charge in [-0.1, -0.05) is 18.9 Å². The molecule has 0 bridgehead atoms. The Kier molecular flexibility index (Phi) is 7.04. The summed E-state index contributed by atoms with van der Waals surface area (Å²) in [5.41, 5.74) is 1.10. The molecule has 5 heteroatoms. The van der Waals surface area contributed by atoms with Crippen LogP contribution in [-0.4, -0.2) is 33.3 Å². The molecule has 0 amide bonds. The highest BCUT2D eigenvalue weighted by Gasteiger charge is 2.19. The number of benzene rings is 1. The Labute approximate surface area is 139 Å². The zero-order valence-corrected chi connectivity index (χ0v) is 14.5. The van der Waals surface area contributed by atoms with Gasteiger partial charge < -0.3 is 20.1 Å². The zero-order valence-electron chi connectivity index (χ0n) is 14.5. The van der Waals surface area contributed by atoms with Gasteiger partial charge >= 0.3 is 0 Å². The Balaban J connectivity index is 1.87. The quantitative estimate of drug-likeness (QED) is 0.417. The van der Waals surface area contributed by atoms with E-state index in [1.807, 2.05) is 18.2 Å². The monoisotopic (exact) mass is 319 g/mol. The number of hydrogen-bond acceptors (Lipinski definition) is 3. The van der Waals surface area contributed by atoms with Gasteiger partial charge in [-0.2, -0.15) is 0 Å². The summed E-state index contributed by atoms with van der Waals surface area (Å²) < 4.78 is 10.6. The molecule has 128 valence electrons. The maximum absolute atomic E-state index is 5.33. The first-order valence-electron chi connectivity index (χ1n) is 8.50. The average Bonchev–Trinajstić information content (AvgIpc) is 3.40. The minimum atomic E-state index is 0.609. The molecule has 1 aromatic carbocycles. The van der Waals surface area contributed by atoms with Gasteiger partial charge in [0.05, 0.1) is 20.8 Å². The van der Waals surface area contributed by atoms with Gasteiger partial charge in [0, 0.05) is 13.1 Å². The molecule has 0 saturated heterocycles. The van der Waals surface area contributed by atoms with E-state index in [0.29, 0.717) is 6.54 Å². The molecule has 2 rings (SSSR count). The topological polar surface area (TPSA) is 54.9 Å². The summed E-state index contributed by atoms with van der Waals surface area (Å²) in [6.07, 6.45) is 5.40. The zero-order chi connectivity index (χ0) is 16.5. The first-order valence-corrected chi connectivity index (χ1v) is 8.50. The second-order valence-corrected chi connectivity index (χ2v) is 5.90. The van der Waals surface area contributed by atoms with Gasteiger partial charge in [-0.25, -0.2) is 4.99 Å². The molecule has 0 heterocycles. The first kappa shape index (κ1) is 17.4. The summed E-state index contributed by atoms with van der Waals surface area (Å²) in [5.74, 6) is 3.34. The van der Waals surface area contributed by atoms with Crippen molar-refractivity contribution >= 4 is 5.96 Å². The van der Waals surface area contributed by atoms with Crippen molar-refractivity contribution in [3.8, 4) is 11.5 Å². The van der Waals surface area contributed by atoms with Crippen LogP contribution in [0.15, 0.2) is 23.2 Å². The van der Waals surface area contributed by atoms with Crippen LogP contribution in [0.4, 0.5) is 0 Å². The standard InChI is InChI=1S/C18H29N3O2/c1-4-19-18(20-11-5-6-14-7-8-14)21-13-15-9-10-16(22-2)17(12-15)23-3/h9-10,12,14H,4-8,11,13H2,1-3H3,(H2,19,20,21). The maximum Gasteiger partial charge on any atom is 0.191 e. The number of hydrogen-bond donors (Lipinski definition) is 2. The molecule has 1 fully saturated rings. The van der Waals surface area contributed by atoms with Crippen LogP contribution in [0.25, 0.3) is 0 Å². The Morgan fingerprint density at radius 1 is 1.17 bits per heavy atom. The number of aliphatic imine (C=N–C) groups is 1. The normalized spacial score (nSPS) is 14.5. The summed E-state index contributed by atoms with van der Waals surface area (Å²) in [6.45, 7) is 4.53. The minimum Gasteiger partial charge on any atom is -0.493 e. The Hall–Kier alpha value is -1.91. The number of nitrogens with one attached hydrogen (secondary N) is 2. The van der Waals surface area contributed by atoms with Gasteiger partial charge in [-0.15, -0.1) is 0 Å². The molecule has 2 N–H and O–H groups in total. The molecular weight excluding hydrogens is 290 g/mol. The van der Waals surface area contributed by atoms with Crippen LogP contribution in [0, 0.1) is 5.92 Å². The average molecular weight is 319 g/mol. The molecule has 0 atom stereocenters. The third-order valence-corrected chi connectivity index (χ3v) is 3.99. The lowest BCUT2D eigenvalue weighted by Crippen LogP contribution is -2.37. The summed E-state index contributed by atoms with van der Waals surface area (Å²) in [5, 5.41) is 6.70. The maximum atomic E-state index is 5.33. The molecule has 1 aliphatic rings. The van der Waals surface area contributed by atoms with E-state index in [1.165, 1.54) is 25.7 Å². The Bertz CT molecular complexity index is 513. The Morgan fingerprint density at radius 3 is 2.61 bits per heavy atom. The van der Waals surface area contributed by atoms with Crippen LogP contribution < -0.4 is 20.1 Å². The molecule has 0 aromatic heterocycles. The predicted molar refractivity (Wildman–Crippen MR) is 94.3 cm³/mol. The van der Waals surface area contributed by atoms with E-state index in [9.17, 15) is 0 Å². The summed E-state index contributed by atoms with van der Waals surface area (Å²) in [6, 6.07) is 5.90. The molecule has 0 spiro atoms. The summed E-state index contributed by atoms with van der Waals surface area (Å²) in [7, 11) is 3.29. The molecular formula is C18H29N3O2. The number of guanidine groups is 1. The fourth-order valence-corrected chi connectivity index (χ4v) is 2.50. The van der Waals surface area contributed by atoms with Gasteiger partial charge in [0.1, 0.15) is 0 Å². The highest BCUT2D eigenvalue weighted by atomic mass is 16.5. The van der Waals surface area contributed by atoms with Crippen molar-refractivity contribution in [1.82, 2.24) is 10.6 Å². The fourth-order valence-electron chi connectivity index (χ4n) is 2.50. The van der Waals surface area contributed by atoms with Crippen LogP contribution in [-0.2, 0) is 6.54 Å². The molecule has 0 unspecified atom stereocenters. The lowest BCUT2D eigenvalue weighted by atomic mass is 10.2. The van der Waals surface area contributed by atoms with Gasteiger partial charge in [-0.05, 0) is 43.4 Å². The largest absolute Gasteiger partial charge is 0.493 e. The highest BCUT2D eigenvalue weighted by Crippen LogP contribution is 2.33. The molecule has 23 heavy (non-hydrogen) atoms. The van der Waals surface area contributed by atoms with E-state index in [4.69, 9.17) is 9.47 Å². The van der Waals surface area contributed by atoms with E-state index >= 15 is 0 Å². The smallest absolute Gasteiger partial charge is 0.191 e. The highest BCUT2D eigenvalue weighted by molar-refractivity contribution is 5.79. The van der Waals surface area contributed by atoms with Gasteiger partial charge in [0.2, 0.25) is 0 Å². The van der Waals surface area contributed by atoms with Crippen LogP contribution in [0.5, 0.6) is 11.5 Å². The molecule has 1 aromatic rings. The predicted octanol–water partition coefficient (Wildman–Crippen LogP) is 2.95. The summed E-state index contributed by atoms with van der Waals surface area (Å²) >= 11 is 0. The fraction of sp³-hybridized carbons (Fsp3) is 0.611. The van der Waals surface area contributed by atoms with Crippen molar-refractivity contribution in [3.63, 3.8) is 0 Å². The third kappa shape index (κ3) is 6.00. The second kappa shape index (κ2) is 9.28. The molecule has 1 aliphatic carbocycles. The van der Waals surface area contributed by atoms with E-state index in [0.717, 1.165) is 42.0 Å². The van der Waals surface area contributed by atoms with Crippen molar-refractivity contribution in [2.24, 2.45) is 10.9 Å². The van der Waals surface area contributed by atoms with Crippen LogP contribution in [0.1, 0.15) is 38.2 Å².